The van der Waals surface area contributed by atoms with Gasteiger partial charge in [-0.25, -0.2) is 0 Å². The first-order chi connectivity index (χ1) is 9.58. The second-order valence-corrected chi connectivity index (χ2v) is 4.77. The summed E-state index contributed by atoms with van der Waals surface area (Å²) in [5, 5.41) is 0. The SMILES string of the molecule is CCC(CCC(C)=O)c1ccc(OC)c(OC)c1OC. The van der Waals surface area contributed by atoms with E-state index in [0.29, 0.717) is 23.7 Å². The summed E-state index contributed by atoms with van der Waals surface area (Å²) in [7, 11) is 4.82. The van der Waals surface area contributed by atoms with Crippen molar-refractivity contribution in [3.8, 4) is 17.2 Å². The molecule has 0 radical (unpaired) electrons. The number of ether oxygens (including phenoxy) is 3. The van der Waals surface area contributed by atoms with E-state index < -0.39 is 0 Å². The van der Waals surface area contributed by atoms with Crippen LogP contribution in [0.1, 0.15) is 44.6 Å². The number of hydrogen-bond acceptors (Lipinski definition) is 4. The zero-order valence-electron chi connectivity index (χ0n) is 13.0. The molecule has 1 aromatic carbocycles. The largest absolute Gasteiger partial charge is 0.493 e. The summed E-state index contributed by atoms with van der Waals surface area (Å²) < 4.78 is 16.2. The molecule has 0 aliphatic carbocycles. The Morgan fingerprint density at radius 2 is 1.75 bits per heavy atom. The molecule has 20 heavy (non-hydrogen) atoms. The molecular weight excluding hydrogens is 256 g/mol. The van der Waals surface area contributed by atoms with Crippen molar-refractivity contribution in [2.24, 2.45) is 0 Å². The van der Waals surface area contributed by atoms with Gasteiger partial charge in [-0.15, -0.1) is 0 Å². The smallest absolute Gasteiger partial charge is 0.203 e. The van der Waals surface area contributed by atoms with E-state index in [0.717, 1.165) is 18.4 Å². The lowest BCUT2D eigenvalue weighted by molar-refractivity contribution is -0.117. The normalized spacial score (nSPS) is 11.8. The van der Waals surface area contributed by atoms with Crippen molar-refractivity contribution >= 4 is 5.78 Å². The van der Waals surface area contributed by atoms with Crippen LogP contribution >= 0.6 is 0 Å². The molecule has 0 fully saturated rings. The van der Waals surface area contributed by atoms with Crippen LogP contribution < -0.4 is 14.2 Å². The Kier molecular flexibility index (Phi) is 6.36. The first kappa shape index (κ1) is 16.3. The molecule has 112 valence electrons. The van der Waals surface area contributed by atoms with E-state index in [1.807, 2.05) is 12.1 Å². The molecule has 4 nitrogen and oxygen atoms in total. The first-order valence-electron chi connectivity index (χ1n) is 6.87. The van der Waals surface area contributed by atoms with Gasteiger partial charge in [0, 0.05) is 12.0 Å². The average molecular weight is 280 g/mol. The van der Waals surface area contributed by atoms with Gasteiger partial charge < -0.3 is 19.0 Å². The Balaban J connectivity index is 3.17. The summed E-state index contributed by atoms with van der Waals surface area (Å²) in [5.41, 5.74) is 1.06. The molecule has 1 atom stereocenters. The van der Waals surface area contributed by atoms with Crippen LogP contribution in [0.15, 0.2) is 12.1 Å². The molecule has 0 heterocycles. The molecule has 0 amide bonds. The van der Waals surface area contributed by atoms with Crippen molar-refractivity contribution in [3.63, 3.8) is 0 Å². The van der Waals surface area contributed by atoms with Gasteiger partial charge in [-0.05, 0) is 31.7 Å². The fourth-order valence-electron chi connectivity index (χ4n) is 2.40. The quantitative estimate of drug-likeness (QED) is 0.730. The van der Waals surface area contributed by atoms with E-state index >= 15 is 0 Å². The lowest BCUT2D eigenvalue weighted by Gasteiger charge is -2.21. The van der Waals surface area contributed by atoms with Crippen LogP contribution in [0.2, 0.25) is 0 Å². The topological polar surface area (TPSA) is 44.8 Å². The Morgan fingerprint density at radius 1 is 1.10 bits per heavy atom. The zero-order valence-corrected chi connectivity index (χ0v) is 13.0. The standard InChI is InChI=1S/C16H24O4/c1-6-12(8-7-11(2)17)13-9-10-14(18-3)16(20-5)15(13)19-4/h9-10,12H,6-8H2,1-5H3. The first-order valence-corrected chi connectivity index (χ1v) is 6.87. The van der Waals surface area contributed by atoms with Crippen LogP contribution in [0.3, 0.4) is 0 Å². The van der Waals surface area contributed by atoms with E-state index in [9.17, 15) is 4.79 Å². The van der Waals surface area contributed by atoms with Crippen molar-refractivity contribution in [2.75, 3.05) is 21.3 Å². The van der Waals surface area contributed by atoms with Crippen LogP contribution in [0.5, 0.6) is 17.2 Å². The number of methoxy groups -OCH3 is 3. The number of ketones is 1. The Bertz CT molecular complexity index is 454. The molecular formula is C16H24O4. The predicted octanol–water partition coefficient (Wildman–Crippen LogP) is 3.58. The van der Waals surface area contributed by atoms with Gasteiger partial charge in [0.1, 0.15) is 5.78 Å². The van der Waals surface area contributed by atoms with Gasteiger partial charge >= 0.3 is 0 Å². The molecule has 0 saturated heterocycles. The van der Waals surface area contributed by atoms with Gasteiger partial charge in [-0.3, -0.25) is 0 Å². The number of carbonyl (C=O) groups excluding carboxylic acids is 1. The maximum absolute atomic E-state index is 11.2. The summed E-state index contributed by atoms with van der Waals surface area (Å²) in [4.78, 5) is 11.2. The van der Waals surface area contributed by atoms with Crippen molar-refractivity contribution < 1.29 is 19.0 Å². The molecule has 0 bridgehead atoms. The highest BCUT2D eigenvalue weighted by Gasteiger charge is 2.21. The summed E-state index contributed by atoms with van der Waals surface area (Å²) in [6, 6.07) is 3.88. The summed E-state index contributed by atoms with van der Waals surface area (Å²) >= 11 is 0. The van der Waals surface area contributed by atoms with Gasteiger partial charge in [0.15, 0.2) is 11.5 Å². The Hall–Kier alpha value is -1.71. The van der Waals surface area contributed by atoms with E-state index in [1.165, 1.54) is 0 Å². The number of hydrogen-bond donors (Lipinski definition) is 0. The average Bonchev–Trinajstić information content (AvgIpc) is 2.46. The fraction of sp³-hybridized carbons (Fsp3) is 0.562. The van der Waals surface area contributed by atoms with E-state index in [-0.39, 0.29) is 11.7 Å². The molecule has 0 aliphatic heterocycles. The van der Waals surface area contributed by atoms with Crippen molar-refractivity contribution in [3.05, 3.63) is 17.7 Å². The van der Waals surface area contributed by atoms with Crippen LogP contribution in [-0.4, -0.2) is 27.1 Å². The van der Waals surface area contributed by atoms with Crippen LogP contribution in [0, 0.1) is 0 Å². The lowest BCUT2D eigenvalue weighted by atomic mass is 9.90. The highest BCUT2D eigenvalue weighted by Crippen LogP contribution is 2.44. The van der Waals surface area contributed by atoms with Gasteiger partial charge in [-0.2, -0.15) is 0 Å². The van der Waals surface area contributed by atoms with E-state index in [2.05, 4.69) is 6.92 Å². The molecule has 4 heteroatoms. The highest BCUT2D eigenvalue weighted by atomic mass is 16.5. The summed E-state index contributed by atoms with van der Waals surface area (Å²) in [6.45, 7) is 3.74. The maximum atomic E-state index is 11.2. The van der Waals surface area contributed by atoms with Crippen molar-refractivity contribution in [1.82, 2.24) is 0 Å². The molecule has 1 aromatic rings. The second-order valence-electron chi connectivity index (χ2n) is 4.77. The number of carbonyl (C=O) groups is 1. The molecule has 0 aliphatic rings. The minimum Gasteiger partial charge on any atom is -0.493 e. The minimum absolute atomic E-state index is 0.211. The highest BCUT2D eigenvalue weighted by molar-refractivity contribution is 5.75. The van der Waals surface area contributed by atoms with Crippen molar-refractivity contribution in [2.45, 2.75) is 39.0 Å². The fourth-order valence-corrected chi connectivity index (χ4v) is 2.40. The molecule has 0 N–H and O–H groups in total. The molecule has 0 aromatic heterocycles. The Morgan fingerprint density at radius 3 is 2.20 bits per heavy atom. The molecule has 0 spiro atoms. The monoisotopic (exact) mass is 280 g/mol. The Labute approximate surface area is 121 Å². The zero-order chi connectivity index (χ0) is 15.1. The van der Waals surface area contributed by atoms with Crippen LogP contribution in [0.25, 0.3) is 0 Å². The summed E-state index contributed by atoms with van der Waals surface area (Å²) in [5.74, 6) is 2.43. The van der Waals surface area contributed by atoms with Gasteiger partial charge in [0.2, 0.25) is 5.75 Å². The third-order valence-corrected chi connectivity index (χ3v) is 3.51. The van der Waals surface area contributed by atoms with Gasteiger partial charge in [-0.1, -0.05) is 13.0 Å². The minimum atomic E-state index is 0.211. The number of rotatable bonds is 8. The second kappa shape index (κ2) is 7.78. The van der Waals surface area contributed by atoms with E-state index in [1.54, 1.807) is 28.3 Å². The number of Topliss-reactive ketones (excluding diaryl/α,β-unsaturated/α-hetero) is 1. The van der Waals surface area contributed by atoms with Gasteiger partial charge in [0.25, 0.3) is 0 Å². The lowest BCUT2D eigenvalue weighted by Crippen LogP contribution is -2.05. The third-order valence-electron chi connectivity index (χ3n) is 3.51. The molecule has 0 saturated carbocycles. The third kappa shape index (κ3) is 3.65. The molecule has 1 unspecified atom stereocenters. The van der Waals surface area contributed by atoms with Crippen LogP contribution in [-0.2, 0) is 4.79 Å². The van der Waals surface area contributed by atoms with Crippen molar-refractivity contribution in [1.29, 1.82) is 0 Å². The van der Waals surface area contributed by atoms with Gasteiger partial charge in [0.05, 0.1) is 21.3 Å². The summed E-state index contributed by atoms with van der Waals surface area (Å²) in [6.07, 6.45) is 2.34. The molecule has 1 rings (SSSR count). The predicted molar refractivity (Wildman–Crippen MR) is 79.0 cm³/mol. The maximum Gasteiger partial charge on any atom is 0.203 e. The number of benzene rings is 1. The van der Waals surface area contributed by atoms with Crippen LogP contribution in [0.4, 0.5) is 0 Å². The van der Waals surface area contributed by atoms with E-state index in [4.69, 9.17) is 14.2 Å².